The van der Waals surface area contributed by atoms with Gasteiger partial charge in [0, 0.05) is 24.7 Å². The topological polar surface area (TPSA) is 28.6 Å². The quantitative estimate of drug-likeness (QED) is 0.606. The number of thiazole rings is 1. The van der Waals surface area contributed by atoms with Gasteiger partial charge >= 0.3 is 0 Å². The van der Waals surface area contributed by atoms with Crippen molar-refractivity contribution < 1.29 is 4.74 Å². The van der Waals surface area contributed by atoms with Gasteiger partial charge in [-0.2, -0.15) is 0 Å². The van der Waals surface area contributed by atoms with Crippen LogP contribution in [0.15, 0.2) is 42.5 Å². The summed E-state index contributed by atoms with van der Waals surface area (Å²) in [6.07, 6.45) is 0. The zero-order valence-electron chi connectivity index (χ0n) is 14.7. The predicted molar refractivity (Wildman–Crippen MR) is 107 cm³/mol. The van der Waals surface area contributed by atoms with E-state index in [2.05, 4.69) is 36.0 Å². The molecule has 0 unspecified atom stereocenters. The second-order valence-corrected chi connectivity index (χ2v) is 7.63. The second-order valence-electron chi connectivity index (χ2n) is 6.18. The Morgan fingerprint density at radius 3 is 2.52 bits per heavy atom. The minimum atomic E-state index is 0.760. The summed E-state index contributed by atoms with van der Waals surface area (Å²) in [5.74, 6) is 0.861. The summed E-state index contributed by atoms with van der Waals surface area (Å²) in [7, 11) is 5.86. The van der Waals surface area contributed by atoms with Gasteiger partial charge in [-0.1, -0.05) is 35.1 Å². The van der Waals surface area contributed by atoms with Gasteiger partial charge in [0.1, 0.15) is 5.75 Å². The lowest BCUT2D eigenvalue weighted by Crippen LogP contribution is -2.31. The van der Waals surface area contributed by atoms with Crippen LogP contribution >= 0.6 is 22.9 Å². The Kier molecular flexibility index (Phi) is 5.78. The Bertz CT molecular complexity index is 832. The number of nitrogens with zero attached hydrogens (tertiary/aromatic N) is 3. The fourth-order valence-electron chi connectivity index (χ4n) is 2.53. The molecule has 25 heavy (non-hydrogen) atoms. The number of anilines is 1. The molecule has 0 atom stereocenters. The third-order valence-corrected chi connectivity index (χ3v) is 5.29. The highest BCUT2D eigenvalue weighted by Crippen LogP contribution is 2.32. The molecule has 2 aromatic carbocycles. The molecule has 6 heteroatoms. The number of benzene rings is 2. The van der Waals surface area contributed by atoms with E-state index < -0.39 is 0 Å². The first kappa shape index (κ1) is 18.0. The normalized spacial score (nSPS) is 11.2. The van der Waals surface area contributed by atoms with Crippen LogP contribution in [-0.4, -0.2) is 44.2 Å². The molecule has 0 aliphatic heterocycles. The van der Waals surface area contributed by atoms with Crippen molar-refractivity contribution in [3.63, 3.8) is 0 Å². The number of fused-ring (bicyclic) bond motifs is 1. The van der Waals surface area contributed by atoms with E-state index in [0.29, 0.717) is 0 Å². The van der Waals surface area contributed by atoms with Gasteiger partial charge in [0.2, 0.25) is 0 Å². The fourth-order valence-corrected chi connectivity index (χ4v) is 3.67. The summed E-state index contributed by atoms with van der Waals surface area (Å²) in [5.41, 5.74) is 2.23. The Balaban J connectivity index is 1.88. The van der Waals surface area contributed by atoms with Crippen LogP contribution in [0.5, 0.6) is 5.75 Å². The van der Waals surface area contributed by atoms with Crippen LogP contribution in [0.2, 0.25) is 5.02 Å². The van der Waals surface area contributed by atoms with Gasteiger partial charge in [-0.3, -0.25) is 0 Å². The van der Waals surface area contributed by atoms with Crippen LogP contribution in [0.3, 0.4) is 0 Å². The molecule has 0 amide bonds. The number of rotatable bonds is 7. The van der Waals surface area contributed by atoms with Gasteiger partial charge in [-0.15, -0.1) is 0 Å². The van der Waals surface area contributed by atoms with Crippen molar-refractivity contribution in [2.45, 2.75) is 6.54 Å². The molecule has 0 aliphatic carbocycles. The van der Waals surface area contributed by atoms with E-state index in [1.807, 2.05) is 30.3 Å². The molecule has 0 N–H and O–H groups in total. The maximum absolute atomic E-state index is 6.01. The maximum Gasteiger partial charge on any atom is 0.186 e. The Labute approximate surface area is 157 Å². The van der Waals surface area contributed by atoms with E-state index in [0.717, 1.165) is 45.8 Å². The number of halogens is 1. The highest BCUT2D eigenvalue weighted by atomic mass is 35.5. The van der Waals surface area contributed by atoms with E-state index >= 15 is 0 Å². The molecule has 3 rings (SSSR count). The largest absolute Gasteiger partial charge is 0.497 e. The van der Waals surface area contributed by atoms with Crippen molar-refractivity contribution in [2.75, 3.05) is 39.2 Å². The van der Waals surface area contributed by atoms with E-state index in [1.54, 1.807) is 18.4 Å². The molecule has 1 heterocycles. The van der Waals surface area contributed by atoms with Crippen molar-refractivity contribution in [1.29, 1.82) is 0 Å². The number of ether oxygens (including phenoxy) is 1. The summed E-state index contributed by atoms with van der Waals surface area (Å²) in [4.78, 5) is 9.33. The first-order valence-corrected chi connectivity index (χ1v) is 9.33. The van der Waals surface area contributed by atoms with Crippen LogP contribution in [0, 0.1) is 0 Å². The highest BCUT2D eigenvalue weighted by molar-refractivity contribution is 7.22. The van der Waals surface area contributed by atoms with Gasteiger partial charge in [-0.25, -0.2) is 4.98 Å². The lowest BCUT2D eigenvalue weighted by molar-refractivity contribution is 0.412. The lowest BCUT2D eigenvalue weighted by atomic mass is 10.2. The molecule has 3 aromatic rings. The van der Waals surface area contributed by atoms with E-state index in [9.17, 15) is 0 Å². The molecule has 0 radical (unpaired) electrons. The predicted octanol–water partition coefficient (Wildman–Crippen LogP) is 4.53. The van der Waals surface area contributed by atoms with Crippen molar-refractivity contribution in [1.82, 2.24) is 9.88 Å². The molecule has 0 saturated carbocycles. The van der Waals surface area contributed by atoms with Gasteiger partial charge < -0.3 is 14.5 Å². The zero-order chi connectivity index (χ0) is 17.8. The molecule has 0 saturated heterocycles. The minimum Gasteiger partial charge on any atom is -0.497 e. The lowest BCUT2D eigenvalue weighted by Gasteiger charge is -2.23. The average Bonchev–Trinajstić information content (AvgIpc) is 3.02. The second kappa shape index (κ2) is 8.04. The summed E-state index contributed by atoms with van der Waals surface area (Å²) >= 11 is 7.71. The van der Waals surface area contributed by atoms with Crippen LogP contribution in [0.1, 0.15) is 5.56 Å². The van der Waals surface area contributed by atoms with Crippen molar-refractivity contribution in [3.8, 4) is 5.75 Å². The average molecular weight is 376 g/mol. The molecular weight excluding hydrogens is 354 g/mol. The number of hydrogen-bond donors (Lipinski definition) is 0. The molecule has 0 fully saturated rings. The molecule has 132 valence electrons. The molecule has 4 nitrogen and oxygen atoms in total. The van der Waals surface area contributed by atoms with Crippen LogP contribution in [-0.2, 0) is 6.54 Å². The zero-order valence-corrected chi connectivity index (χ0v) is 16.3. The third-order valence-electron chi connectivity index (χ3n) is 3.96. The van der Waals surface area contributed by atoms with Gasteiger partial charge in [0.05, 0.1) is 17.3 Å². The summed E-state index contributed by atoms with van der Waals surface area (Å²) in [5, 5.41) is 1.79. The van der Waals surface area contributed by atoms with Crippen LogP contribution < -0.4 is 9.64 Å². The van der Waals surface area contributed by atoms with E-state index in [1.165, 1.54) is 5.56 Å². The highest BCUT2D eigenvalue weighted by Gasteiger charge is 2.14. The van der Waals surface area contributed by atoms with Gasteiger partial charge in [-0.05, 0) is 50.0 Å². The van der Waals surface area contributed by atoms with E-state index in [4.69, 9.17) is 21.3 Å². The van der Waals surface area contributed by atoms with Gasteiger partial charge in [0.25, 0.3) is 0 Å². The SMILES string of the molecule is COc1ccc2nc(N(CCN(C)C)Cc3ccc(Cl)cc3)sc2c1. The first-order valence-electron chi connectivity index (χ1n) is 8.14. The van der Waals surface area contributed by atoms with Crippen LogP contribution in [0.25, 0.3) is 10.2 Å². The first-order chi connectivity index (χ1) is 12.0. The number of hydrogen-bond acceptors (Lipinski definition) is 5. The standard InChI is InChI=1S/C19H22ClN3OS/c1-22(2)10-11-23(13-14-4-6-15(20)7-5-14)19-21-17-9-8-16(24-3)12-18(17)25-19/h4-9,12H,10-11,13H2,1-3H3. The number of aromatic nitrogens is 1. The minimum absolute atomic E-state index is 0.760. The Morgan fingerprint density at radius 2 is 1.84 bits per heavy atom. The molecule has 1 aromatic heterocycles. The summed E-state index contributed by atoms with van der Waals surface area (Å²) < 4.78 is 6.46. The Hall–Kier alpha value is -1.82. The molecule has 0 aliphatic rings. The summed E-state index contributed by atoms with van der Waals surface area (Å²) in [6.45, 7) is 2.68. The van der Waals surface area contributed by atoms with Gasteiger partial charge in [0.15, 0.2) is 5.13 Å². The van der Waals surface area contributed by atoms with Crippen LogP contribution in [0.4, 0.5) is 5.13 Å². The van der Waals surface area contributed by atoms with Crippen molar-refractivity contribution >= 4 is 38.3 Å². The maximum atomic E-state index is 6.01. The van der Waals surface area contributed by atoms with Crippen molar-refractivity contribution in [3.05, 3.63) is 53.1 Å². The summed E-state index contributed by atoms with van der Waals surface area (Å²) in [6, 6.07) is 14.0. The third kappa shape index (κ3) is 4.63. The van der Waals surface area contributed by atoms with E-state index in [-0.39, 0.29) is 0 Å². The smallest absolute Gasteiger partial charge is 0.186 e. The monoisotopic (exact) mass is 375 g/mol. The Morgan fingerprint density at radius 1 is 1.08 bits per heavy atom. The molecule has 0 bridgehead atoms. The fraction of sp³-hybridized carbons (Fsp3) is 0.316. The molecular formula is C19H22ClN3OS. The number of methoxy groups -OCH3 is 1. The van der Waals surface area contributed by atoms with Crippen molar-refractivity contribution in [2.24, 2.45) is 0 Å². The number of likely N-dealkylation sites (N-methyl/N-ethyl adjacent to an activating group) is 1. The molecule has 0 spiro atoms.